The number of fused-ring (bicyclic) bond motifs is 17. The summed E-state index contributed by atoms with van der Waals surface area (Å²) in [5.41, 5.74) is 17.1. The summed E-state index contributed by atoms with van der Waals surface area (Å²) in [4.78, 5) is 2.44. The highest BCUT2D eigenvalue weighted by Crippen LogP contribution is 2.64. The van der Waals surface area contributed by atoms with Crippen LogP contribution >= 0.6 is 0 Å². The molecular weight excluding hydrogens is 719 g/mol. The summed E-state index contributed by atoms with van der Waals surface area (Å²) in [6.07, 6.45) is 0. The predicted molar refractivity (Wildman–Crippen MR) is 241 cm³/mol. The summed E-state index contributed by atoms with van der Waals surface area (Å²) >= 11 is 0. The van der Waals surface area contributed by atoms with Gasteiger partial charge in [-0.1, -0.05) is 141 Å². The fourth-order valence-electron chi connectivity index (χ4n) is 10.9. The Morgan fingerprint density at radius 1 is 0.390 bits per heavy atom. The topological polar surface area (TPSA) is 25.6 Å². The van der Waals surface area contributed by atoms with Gasteiger partial charge in [0.2, 0.25) is 0 Å². The van der Waals surface area contributed by atoms with Gasteiger partial charge in [-0.25, -0.2) is 0 Å². The standard InChI is InChI=1S/C56H37NO2/c1-55(2)44-17-7-5-15-39(44)41-31-35(24-28-45(41)55)57(37-26-30-51-42(32-37)40-16-6-10-20-50(40)58-51)36-25-29-46-43(33-36)54-38-14-4-3-13-34(38)23-27-49(54)56(46)47-18-8-11-21-52(47)59-53-22-12-9-19-48(53)56/h3-33H,1-2H3. The van der Waals surface area contributed by atoms with E-state index < -0.39 is 5.41 Å². The summed E-state index contributed by atoms with van der Waals surface area (Å²) in [7, 11) is 0. The summed E-state index contributed by atoms with van der Waals surface area (Å²) in [5.74, 6) is 1.79. The van der Waals surface area contributed by atoms with Crippen molar-refractivity contribution in [1.29, 1.82) is 0 Å². The molecule has 1 aromatic heterocycles. The molecule has 10 aromatic rings. The Morgan fingerprint density at radius 2 is 0.949 bits per heavy atom. The highest BCUT2D eigenvalue weighted by molar-refractivity contribution is 6.08. The van der Waals surface area contributed by atoms with Gasteiger partial charge in [0.25, 0.3) is 0 Å². The Kier molecular flexibility index (Phi) is 6.44. The van der Waals surface area contributed by atoms with Crippen molar-refractivity contribution in [2.75, 3.05) is 4.90 Å². The first-order chi connectivity index (χ1) is 29.0. The molecule has 3 nitrogen and oxygen atoms in total. The van der Waals surface area contributed by atoms with Gasteiger partial charge in [-0.05, 0) is 116 Å². The number of hydrogen-bond acceptors (Lipinski definition) is 3. The van der Waals surface area contributed by atoms with E-state index in [4.69, 9.17) is 9.15 Å². The minimum absolute atomic E-state index is 0.0904. The normalized spacial score (nSPS) is 14.7. The maximum Gasteiger partial charge on any atom is 0.135 e. The number of benzene rings is 9. The lowest BCUT2D eigenvalue weighted by molar-refractivity contribution is 0.436. The van der Waals surface area contributed by atoms with E-state index in [1.54, 1.807) is 0 Å². The molecule has 1 spiro atoms. The van der Waals surface area contributed by atoms with Crippen LogP contribution in [-0.4, -0.2) is 0 Å². The van der Waals surface area contributed by atoms with Crippen LogP contribution in [0.15, 0.2) is 192 Å². The predicted octanol–water partition coefficient (Wildman–Crippen LogP) is 15.0. The molecule has 278 valence electrons. The van der Waals surface area contributed by atoms with Crippen molar-refractivity contribution in [2.45, 2.75) is 24.7 Å². The van der Waals surface area contributed by atoms with Crippen molar-refractivity contribution in [3.8, 4) is 33.8 Å². The van der Waals surface area contributed by atoms with Gasteiger partial charge < -0.3 is 14.1 Å². The molecule has 0 atom stereocenters. The average Bonchev–Trinajstić information content (AvgIpc) is 3.87. The highest BCUT2D eigenvalue weighted by atomic mass is 16.5. The number of ether oxygens (including phenoxy) is 1. The average molecular weight is 756 g/mol. The van der Waals surface area contributed by atoms with E-state index in [-0.39, 0.29) is 5.41 Å². The van der Waals surface area contributed by atoms with Gasteiger partial charge in [-0.3, -0.25) is 0 Å². The van der Waals surface area contributed by atoms with E-state index in [2.05, 4.69) is 201 Å². The molecule has 0 bridgehead atoms. The quantitative estimate of drug-likeness (QED) is 0.180. The van der Waals surface area contributed by atoms with Crippen LogP contribution in [0.25, 0.3) is 55.0 Å². The zero-order valence-electron chi connectivity index (χ0n) is 32.7. The van der Waals surface area contributed by atoms with Crippen LogP contribution in [-0.2, 0) is 10.8 Å². The Labute approximate surface area is 342 Å². The monoisotopic (exact) mass is 755 g/mol. The van der Waals surface area contributed by atoms with Crippen molar-refractivity contribution in [3.05, 3.63) is 221 Å². The van der Waals surface area contributed by atoms with Crippen LogP contribution < -0.4 is 9.64 Å². The third-order valence-corrected chi connectivity index (χ3v) is 13.5. The van der Waals surface area contributed by atoms with Crippen molar-refractivity contribution in [2.24, 2.45) is 0 Å². The Balaban J connectivity index is 1.11. The molecule has 3 aliphatic rings. The molecule has 2 heterocycles. The van der Waals surface area contributed by atoms with Gasteiger partial charge in [0.1, 0.15) is 22.7 Å². The Bertz CT molecular complexity index is 3380. The van der Waals surface area contributed by atoms with E-state index in [0.29, 0.717) is 0 Å². The van der Waals surface area contributed by atoms with Crippen LogP contribution in [0, 0.1) is 0 Å². The molecule has 0 saturated carbocycles. The van der Waals surface area contributed by atoms with Crippen molar-refractivity contribution < 1.29 is 9.15 Å². The van der Waals surface area contributed by atoms with Gasteiger partial charge in [-0.15, -0.1) is 0 Å². The van der Waals surface area contributed by atoms with Crippen molar-refractivity contribution in [3.63, 3.8) is 0 Å². The molecule has 0 N–H and O–H groups in total. The minimum Gasteiger partial charge on any atom is -0.457 e. The lowest BCUT2D eigenvalue weighted by atomic mass is 9.66. The molecule has 2 aliphatic carbocycles. The molecule has 3 heteroatoms. The fraction of sp³-hybridized carbons (Fsp3) is 0.0714. The molecule has 0 saturated heterocycles. The van der Waals surface area contributed by atoms with Crippen LogP contribution in [0.3, 0.4) is 0 Å². The molecular formula is C56H37NO2. The van der Waals surface area contributed by atoms with Crippen LogP contribution in [0.4, 0.5) is 17.1 Å². The summed E-state index contributed by atoms with van der Waals surface area (Å²) in [6.45, 7) is 4.69. The van der Waals surface area contributed by atoms with E-state index in [1.165, 1.54) is 55.3 Å². The van der Waals surface area contributed by atoms with Gasteiger partial charge in [0, 0.05) is 44.4 Å². The molecule has 0 amide bonds. The molecule has 0 fully saturated rings. The fourth-order valence-corrected chi connectivity index (χ4v) is 10.9. The number of rotatable bonds is 3. The molecule has 1 aliphatic heterocycles. The number of furan rings is 1. The maximum absolute atomic E-state index is 6.68. The van der Waals surface area contributed by atoms with E-state index >= 15 is 0 Å². The van der Waals surface area contributed by atoms with Crippen LogP contribution in [0.1, 0.15) is 47.2 Å². The second-order valence-electron chi connectivity index (χ2n) is 16.8. The van der Waals surface area contributed by atoms with Crippen LogP contribution in [0.2, 0.25) is 0 Å². The van der Waals surface area contributed by atoms with E-state index in [0.717, 1.165) is 61.6 Å². The smallest absolute Gasteiger partial charge is 0.135 e. The number of hydrogen-bond donors (Lipinski definition) is 0. The van der Waals surface area contributed by atoms with Crippen molar-refractivity contribution in [1.82, 2.24) is 0 Å². The Hall–Kier alpha value is -7.36. The number of anilines is 3. The number of nitrogens with zero attached hydrogens (tertiary/aromatic N) is 1. The third-order valence-electron chi connectivity index (χ3n) is 13.5. The van der Waals surface area contributed by atoms with Gasteiger partial charge >= 0.3 is 0 Å². The summed E-state index contributed by atoms with van der Waals surface area (Å²) in [5, 5.41) is 4.68. The molecule has 0 unspecified atom stereocenters. The SMILES string of the molecule is CC1(C)c2ccccc2-c2cc(N(c3ccc4c(c3)-c3c(ccc5ccccc35)C43c4ccccc4Oc4ccccc43)c3ccc4oc5ccccc5c4c3)ccc21. The zero-order valence-corrected chi connectivity index (χ0v) is 32.7. The lowest BCUT2D eigenvalue weighted by Crippen LogP contribution is -2.32. The van der Waals surface area contributed by atoms with E-state index in [1.807, 2.05) is 6.07 Å². The van der Waals surface area contributed by atoms with Crippen LogP contribution in [0.5, 0.6) is 11.5 Å². The second-order valence-corrected chi connectivity index (χ2v) is 16.8. The summed E-state index contributed by atoms with van der Waals surface area (Å²) < 4.78 is 13.0. The maximum atomic E-state index is 6.68. The first kappa shape index (κ1) is 32.7. The minimum atomic E-state index is -0.568. The van der Waals surface area contributed by atoms with Gasteiger partial charge in [0.05, 0.1) is 5.41 Å². The number of para-hydroxylation sites is 3. The summed E-state index contributed by atoms with van der Waals surface area (Å²) in [6, 6.07) is 68.8. The van der Waals surface area contributed by atoms with Gasteiger partial charge in [-0.2, -0.15) is 0 Å². The first-order valence-electron chi connectivity index (χ1n) is 20.5. The second kappa shape index (κ2) is 11.6. The third kappa shape index (κ3) is 4.26. The largest absolute Gasteiger partial charge is 0.457 e. The van der Waals surface area contributed by atoms with Crippen molar-refractivity contribution >= 4 is 49.8 Å². The first-order valence-corrected chi connectivity index (χ1v) is 20.5. The Morgan fingerprint density at radius 3 is 1.75 bits per heavy atom. The molecule has 0 radical (unpaired) electrons. The lowest BCUT2D eigenvalue weighted by Gasteiger charge is -2.39. The van der Waals surface area contributed by atoms with Gasteiger partial charge in [0.15, 0.2) is 0 Å². The molecule has 9 aromatic carbocycles. The molecule has 13 rings (SSSR count). The van der Waals surface area contributed by atoms with E-state index in [9.17, 15) is 0 Å². The highest BCUT2D eigenvalue weighted by Gasteiger charge is 2.51. The molecule has 59 heavy (non-hydrogen) atoms. The zero-order chi connectivity index (χ0) is 39.0.